The topological polar surface area (TPSA) is 78.9 Å². The number of rotatable bonds is 43. The maximum Gasteiger partial charge on any atom is 0.306 e. The van der Waals surface area contributed by atoms with Crippen molar-refractivity contribution in [3.05, 3.63) is 48.6 Å². The Kier molecular flexibility index (Phi) is 43.9. The summed E-state index contributed by atoms with van der Waals surface area (Å²) in [6.45, 7) is 6.50. The molecule has 0 radical (unpaired) electrons. The second-order valence-electron chi connectivity index (χ2n) is 16.0. The van der Waals surface area contributed by atoms with Gasteiger partial charge in [0, 0.05) is 19.3 Å². The molecule has 1 atom stereocenters. The van der Waals surface area contributed by atoms with Crippen LogP contribution in [0.1, 0.15) is 239 Å². The smallest absolute Gasteiger partial charge is 0.306 e. The zero-order valence-electron chi connectivity index (χ0n) is 37.6. The Morgan fingerprint density at radius 1 is 0.351 bits per heavy atom. The molecule has 0 aromatic rings. The van der Waals surface area contributed by atoms with Crippen LogP contribution in [-0.2, 0) is 28.6 Å². The molecule has 6 heteroatoms. The van der Waals surface area contributed by atoms with E-state index < -0.39 is 6.10 Å². The van der Waals surface area contributed by atoms with Gasteiger partial charge in [-0.1, -0.05) is 179 Å². The zero-order chi connectivity index (χ0) is 41.5. The van der Waals surface area contributed by atoms with Crippen LogP contribution in [0.5, 0.6) is 0 Å². The van der Waals surface area contributed by atoms with Crippen molar-refractivity contribution < 1.29 is 28.6 Å². The molecule has 0 aliphatic carbocycles. The van der Waals surface area contributed by atoms with Crippen molar-refractivity contribution >= 4 is 17.9 Å². The lowest BCUT2D eigenvalue weighted by Gasteiger charge is -2.18. The summed E-state index contributed by atoms with van der Waals surface area (Å²) in [6, 6.07) is 0. The van der Waals surface area contributed by atoms with Crippen LogP contribution < -0.4 is 0 Å². The van der Waals surface area contributed by atoms with Crippen molar-refractivity contribution in [1.29, 1.82) is 0 Å². The number of hydrogen-bond donors (Lipinski definition) is 0. The minimum atomic E-state index is -0.784. The van der Waals surface area contributed by atoms with Gasteiger partial charge in [0.05, 0.1) is 0 Å². The van der Waals surface area contributed by atoms with E-state index in [1.807, 2.05) is 0 Å². The lowest BCUT2D eigenvalue weighted by Crippen LogP contribution is -2.30. The van der Waals surface area contributed by atoms with E-state index in [1.54, 1.807) is 0 Å². The minimum absolute atomic E-state index is 0.0856. The molecule has 330 valence electrons. The van der Waals surface area contributed by atoms with Crippen LogP contribution in [0.4, 0.5) is 0 Å². The highest BCUT2D eigenvalue weighted by atomic mass is 16.6. The number of allylic oxidation sites excluding steroid dienone is 8. The summed E-state index contributed by atoms with van der Waals surface area (Å²) in [7, 11) is 0. The van der Waals surface area contributed by atoms with Crippen LogP contribution in [0.3, 0.4) is 0 Å². The lowest BCUT2D eigenvalue weighted by molar-refractivity contribution is -0.167. The van der Waals surface area contributed by atoms with Crippen LogP contribution in [0, 0.1) is 0 Å². The fraction of sp³-hybridized carbons (Fsp3) is 0.784. The number of ether oxygens (including phenoxy) is 3. The summed E-state index contributed by atoms with van der Waals surface area (Å²) in [5, 5.41) is 0. The molecule has 1 unspecified atom stereocenters. The van der Waals surface area contributed by atoms with E-state index >= 15 is 0 Å². The van der Waals surface area contributed by atoms with Gasteiger partial charge >= 0.3 is 17.9 Å². The molecule has 0 bridgehead atoms. The Labute approximate surface area is 352 Å². The largest absolute Gasteiger partial charge is 0.462 e. The molecule has 0 N–H and O–H groups in total. The van der Waals surface area contributed by atoms with E-state index in [0.29, 0.717) is 19.3 Å². The fourth-order valence-corrected chi connectivity index (χ4v) is 6.57. The van der Waals surface area contributed by atoms with Crippen molar-refractivity contribution in [2.75, 3.05) is 13.2 Å². The predicted molar refractivity (Wildman–Crippen MR) is 242 cm³/mol. The predicted octanol–water partition coefficient (Wildman–Crippen LogP) is 15.5. The number of hydrogen-bond acceptors (Lipinski definition) is 6. The SMILES string of the molecule is CCC/C=C\C/C=C\CCCCCCCC(=O)OC(COC(=O)CCCCCCC/C=C\CCCC)COC(=O)CCCCCCC/C=C\CCCCCCCC. The third-order valence-corrected chi connectivity index (χ3v) is 10.3. The van der Waals surface area contributed by atoms with Gasteiger partial charge in [0.15, 0.2) is 6.10 Å². The molecule has 0 aliphatic rings. The summed E-state index contributed by atoms with van der Waals surface area (Å²) in [5.74, 6) is -0.916. The monoisotopic (exact) mass is 799 g/mol. The second-order valence-corrected chi connectivity index (χ2v) is 16.0. The standard InChI is InChI=1S/C51H90O6/c1-4-7-10-13-16-19-22-24-25-27-29-32-35-38-41-44-50(53)56-47-48(46-55-49(52)43-40-37-34-31-28-21-18-15-12-9-6-3)57-51(54)45-42-39-36-33-30-26-23-20-17-14-11-8-5-2/h11,14-15,18,20,23-25,48H,4-10,12-13,16-17,19,21-22,26-47H2,1-3H3/b14-11-,18-15-,23-20-,25-24-. The Balaban J connectivity index is 4.40. The van der Waals surface area contributed by atoms with E-state index in [9.17, 15) is 14.4 Å². The van der Waals surface area contributed by atoms with Gasteiger partial charge in [0.2, 0.25) is 0 Å². The highest BCUT2D eigenvalue weighted by Gasteiger charge is 2.19. The van der Waals surface area contributed by atoms with Gasteiger partial charge in [-0.05, 0) is 89.9 Å². The molecule has 0 aromatic carbocycles. The van der Waals surface area contributed by atoms with Crippen LogP contribution in [0.2, 0.25) is 0 Å². The van der Waals surface area contributed by atoms with Gasteiger partial charge in [-0.15, -0.1) is 0 Å². The van der Waals surface area contributed by atoms with E-state index in [1.165, 1.54) is 96.3 Å². The third kappa shape index (κ3) is 44.3. The molecule has 0 fully saturated rings. The van der Waals surface area contributed by atoms with Gasteiger partial charge in [0.1, 0.15) is 13.2 Å². The summed E-state index contributed by atoms with van der Waals surface area (Å²) in [6.07, 6.45) is 53.7. The maximum atomic E-state index is 12.7. The Morgan fingerprint density at radius 3 is 1.11 bits per heavy atom. The normalized spacial score (nSPS) is 12.4. The molecule has 6 nitrogen and oxygen atoms in total. The van der Waals surface area contributed by atoms with Crippen molar-refractivity contribution in [2.24, 2.45) is 0 Å². The van der Waals surface area contributed by atoms with Gasteiger partial charge in [-0.3, -0.25) is 14.4 Å². The summed E-state index contributed by atoms with van der Waals surface area (Å²) in [5.41, 5.74) is 0. The molecule has 57 heavy (non-hydrogen) atoms. The summed E-state index contributed by atoms with van der Waals surface area (Å²) < 4.78 is 16.7. The Morgan fingerprint density at radius 2 is 0.684 bits per heavy atom. The zero-order valence-corrected chi connectivity index (χ0v) is 37.6. The number of esters is 3. The molecular formula is C51H90O6. The average Bonchev–Trinajstić information content (AvgIpc) is 3.21. The maximum absolute atomic E-state index is 12.7. The Bertz CT molecular complexity index is 1010. The van der Waals surface area contributed by atoms with Crippen LogP contribution in [-0.4, -0.2) is 37.2 Å². The first-order chi connectivity index (χ1) is 28.0. The molecule has 0 amide bonds. The molecule has 0 spiro atoms. The fourth-order valence-electron chi connectivity index (χ4n) is 6.57. The number of carbonyl (C=O) groups is 3. The molecular weight excluding hydrogens is 709 g/mol. The first-order valence-corrected chi connectivity index (χ1v) is 24.1. The first-order valence-electron chi connectivity index (χ1n) is 24.1. The minimum Gasteiger partial charge on any atom is -0.462 e. The average molecular weight is 799 g/mol. The molecule has 0 aromatic heterocycles. The van der Waals surface area contributed by atoms with Crippen LogP contribution in [0.15, 0.2) is 48.6 Å². The molecule has 0 saturated heterocycles. The molecule has 0 saturated carbocycles. The molecule has 0 aliphatic heterocycles. The number of unbranched alkanes of at least 4 members (excludes halogenated alkanes) is 24. The van der Waals surface area contributed by atoms with Crippen LogP contribution in [0.25, 0.3) is 0 Å². The van der Waals surface area contributed by atoms with Crippen molar-refractivity contribution in [3.8, 4) is 0 Å². The molecule has 0 heterocycles. The summed E-state index contributed by atoms with van der Waals surface area (Å²) >= 11 is 0. The van der Waals surface area contributed by atoms with E-state index in [2.05, 4.69) is 69.4 Å². The first kappa shape index (κ1) is 54.4. The summed E-state index contributed by atoms with van der Waals surface area (Å²) in [4.78, 5) is 37.8. The highest BCUT2D eigenvalue weighted by molar-refractivity contribution is 5.71. The third-order valence-electron chi connectivity index (χ3n) is 10.3. The van der Waals surface area contributed by atoms with Gasteiger partial charge in [0.25, 0.3) is 0 Å². The lowest BCUT2D eigenvalue weighted by atomic mass is 10.1. The van der Waals surface area contributed by atoms with Crippen LogP contribution >= 0.6 is 0 Å². The van der Waals surface area contributed by atoms with Gasteiger partial charge < -0.3 is 14.2 Å². The van der Waals surface area contributed by atoms with E-state index in [-0.39, 0.29) is 31.1 Å². The second kappa shape index (κ2) is 46.1. The van der Waals surface area contributed by atoms with Crippen molar-refractivity contribution in [2.45, 2.75) is 245 Å². The molecule has 0 rings (SSSR count). The quantitative estimate of drug-likeness (QED) is 0.0265. The highest BCUT2D eigenvalue weighted by Crippen LogP contribution is 2.13. The van der Waals surface area contributed by atoms with Crippen molar-refractivity contribution in [3.63, 3.8) is 0 Å². The Hall–Kier alpha value is -2.63. The van der Waals surface area contributed by atoms with E-state index in [0.717, 1.165) is 103 Å². The van der Waals surface area contributed by atoms with Crippen molar-refractivity contribution in [1.82, 2.24) is 0 Å². The van der Waals surface area contributed by atoms with E-state index in [4.69, 9.17) is 14.2 Å². The van der Waals surface area contributed by atoms with Gasteiger partial charge in [-0.25, -0.2) is 0 Å². The number of carbonyl (C=O) groups excluding carboxylic acids is 3. The van der Waals surface area contributed by atoms with Gasteiger partial charge in [-0.2, -0.15) is 0 Å².